The maximum atomic E-state index is 12.4. The molecule has 4 amide bonds. The summed E-state index contributed by atoms with van der Waals surface area (Å²) in [5.74, 6) is -1.35. The van der Waals surface area contributed by atoms with Crippen LogP contribution in [0.25, 0.3) is 0 Å². The molecule has 146 valence electrons. The van der Waals surface area contributed by atoms with Crippen molar-refractivity contribution in [2.75, 3.05) is 11.9 Å². The highest BCUT2D eigenvalue weighted by Gasteiger charge is 2.46. The Morgan fingerprint density at radius 2 is 1.71 bits per heavy atom. The Balaban J connectivity index is 1.32. The summed E-state index contributed by atoms with van der Waals surface area (Å²) >= 11 is 0. The zero-order valence-electron chi connectivity index (χ0n) is 15.5. The Kier molecular flexibility index (Phi) is 4.98. The van der Waals surface area contributed by atoms with Crippen LogP contribution in [0.4, 0.5) is 5.69 Å². The van der Waals surface area contributed by atoms with Crippen molar-refractivity contribution in [2.24, 2.45) is 11.8 Å². The van der Waals surface area contributed by atoms with Gasteiger partial charge in [-0.2, -0.15) is 0 Å². The van der Waals surface area contributed by atoms with Gasteiger partial charge < -0.3 is 10.6 Å². The first-order chi connectivity index (χ1) is 13.5. The molecule has 2 N–H and O–H groups in total. The number of fused-ring (bicyclic) bond motifs is 1. The van der Waals surface area contributed by atoms with Crippen LogP contribution in [0.1, 0.15) is 42.5 Å². The van der Waals surface area contributed by atoms with Crippen LogP contribution in [0.15, 0.2) is 36.4 Å². The normalized spacial score (nSPS) is 23.5. The van der Waals surface area contributed by atoms with Gasteiger partial charge in [-0.3, -0.25) is 24.1 Å². The van der Waals surface area contributed by atoms with Crippen LogP contribution in [0.2, 0.25) is 0 Å². The van der Waals surface area contributed by atoms with Gasteiger partial charge in [0.2, 0.25) is 17.7 Å². The van der Waals surface area contributed by atoms with Gasteiger partial charge in [-0.1, -0.05) is 18.2 Å². The summed E-state index contributed by atoms with van der Waals surface area (Å²) in [6.07, 6.45) is 7.11. The minimum Gasteiger partial charge on any atom is -0.349 e. The van der Waals surface area contributed by atoms with E-state index in [1.54, 1.807) is 24.3 Å². The Morgan fingerprint density at radius 3 is 2.36 bits per heavy atom. The van der Waals surface area contributed by atoms with E-state index < -0.39 is 0 Å². The average Bonchev–Trinajstić information content (AvgIpc) is 3.48. The van der Waals surface area contributed by atoms with E-state index in [4.69, 9.17) is 0 Å². The second-order valence-corrected chi connectivity index (χ2v) is 7.61. The largest absolute Gasteiger partial charge is 0.349 e. The third-order valence-corrected chi connectivity index (χ3v) is 5.48. The molecule has 7 heteroatoms. The highest BCUT2D eigenvalue weighted by atomic mass is 16.2. The zero-order chi connectivity index (χ0) is 19.7. The van der Waals surface area contributed by atoms with Crippen molar-refractivity contribution in [3.8, 4) is 0 Å². The molecule has 28 heavy (non-hydrogen) atoms. The number of rotatable bonds is 6. The molecule has 0 unspecified atom stereocenters. The average molecular weight is 381 g/mol. The van der Waals surface area contributed by atoms with Gasteiger partial charge in [0.15, 0.2) is 0 Å². The molecule has 1 aromatic rings. The fraction of sp³-hybridized carbons (Fsp3) is 0.429. The molecule has 1 heterocycles. The number of nitrogens with one attached hydrogen (secondary N) is 2. The summed E-state index contributed by atoms with van der Waals surface area (Å²) in [5, 5.41) is 5.65. The van der Waals surface area contributed by atoms with E-state index in [9.17, 15) is 19.2 Å². The Hall–Kier alpha value is -2.96. The summed E-state index contributed by atoms with van der Waals surface area (Å²) < 4.78 is 0. The molecule has 2 fully saturated rings. The van der Waals surface area contributed by atoms with Crippen molar-refractivity contribution < 1.29 is 19.2 Å². The topological polar surface area (TPSA) is 95.6 Å². The quantitative estimate of drug-likeness (QED) is 0.581. The molecule has 4 rings (SSSR count). The number of carbonyl (C=O) groups is 4. The lowest BCUT2D eigenvalue weighted by Crippen LogP contribution is -2.34. The number of likely N-dealkylation sites (tertiary alicyclic amines) is 1. The number of hydrogen-bond donors (Lipinski definition) is 2. The second kappa shape index (κ2) is 7.58. The van der Waals surface area contributed by atoms with Crippen molar-refractivity contribution in [3.05, 3.63) is 42.0 Å². The van der Waals surface area contributed by atoms with E-state index >= 15 is 0 Å². The van der Waals surface area contributed by atoms with Crippen LogP contribution >= 0.6 is 0 Å². The molecule has 0 spiro atoms. The van der Waals surface area contributed by atoms with Crippen molar-refractivity contribution in [1.29, 1.82) is 0 Å². The molecule has 0 aromatic heterocycles. The molecule has 3 aliphatic rings. The van der Waals surface area contributed by atoms with E-state index in [2.05, 4.69) is 10.6 Å². The molecule has 0 bridgehead atoms. The van der Waals surface area contributed by atoms with Crippen LogP contribution in [0.3, 0.4) is 0 Å². The van der Waals surface area contributed by atoms with Gasteiger partial charge >= 0.3 is 0 Å². The highest BCUT2D eigenvalue weighted by molar-refractivity contribution is 6.06. The number of anilines is 1. The minimum atomic E-state index is -0.298. The van der Waals surface area contributed by atoms with Crippen LogP contribution in [0, 0.1) is 11.8 Å². The molecule has 1 saturated carbocycles. The second-order valence-electron chi connectivity index (χ2n) is 7.61. The molecule has 1 saturated heterocycles. The third-order valence-electron chi connectivity index (χ3n) is 5.48. The predicted octanol–water partition coefficient (Wildman–Crippen LogP) is 1.86. The number of carbonyl (C=O) groups excluding carboxylic acids is 4. The van der Waals surface area contributed by atoms with Crippen molar-refractivity contribution in [3.63, 3.8) is 0 Å². The first kappa shape index (κ1) is 18.4. The Morgan fingerprint density at radius 1 is 1.04 bits per heavy atom. The Bertz CT molecular complexity index is 833. The number of nitrogens with zero attached hydrogens (tertiary/aromatic N) is 1. The van der Waals surface area contributed by atoms with E-state index in [-0.39, 0.29) is 54.5 Å². The third kappa shape index (κ3) is 3.83. The Labute approximate surface area is 163 Å². The van der Waals surface area contributed by atoms with E-state index in [1.165, 1.54) is 4.90 Å². The zero-order valence-corrected chi connectivity index (χ0v) is 15.5. The smallest absolute Gasteiger partial charge is 0.251 e. The highest BCUT2D eigenvalue weighted by Crippen LogP contribution is 2.35. The molecule has 2 atom stereocenters. The van der Waals surface area contributed by atoms with Gasteiger partial charge in [0.25, 0.3) is 5.91 Å². The number of benzene rings is 1. The summed E-state index contributed by atoms with van der Waals surface area (Å²) in [7, 11) is 0. The molecule has 7 nitrogen and oxygen atoms in total. The fourth-order valence-electron chi connectivity index (χ4n) is 3.76. The van der Waals surface area contributed by atoms with Gasteiger partial charge in [0.05, 0.1) is 11.8 Å². The summed E-state index contributed by atoms with van der Waals surface area (Å²) in [6.45, 7) is 0.0817. The molecule has 0 radical (unpaired) electrons. The van der Waals surface area contributed by atoms with Gasteiger partial charge in [0.1, 0.15) is 0 Å². The number of hydrogen-bond acceptors (Lipinski definition) is 4. The van der Waals surface area contributed by atoms with Gasteiger partial charge in [-0.15, -0.1) is 0 Å². The predicted molar refractivity (Wildman–Crippen MR) is 102 cm³/mol. The number of amides is 4. The fourth-order valence-corrected chi connectivity index (χ4v) is 3.76. The lowest BCUT2D eigenvalue weighted by molar-refractivity contribution is -0.140. The van der Waals surface area contributed by atoms with E-state index in [0.29, 0.717) is 24.1 Å². The first-order valence-electron chi connectivity index (χ1n) is 9.74. The summed E-state index contributed by atoms with van der Waals surface area (Å²) in [4.78, 5) is 50.5. The van der Waals surface area contributed by atoms with E-state index in [1.807, 2.05) is 12.2 Å². The van der Waals surface area contributed by atoms with Gasteiger partial charge in [0, 0.05) is 30.3 Å². The number of allylic oxidation sites excluding steroid dienone is 2. The van der Waals surface area contributed by atoms with Crippen molar-refractivity contribution >= 4 is 29.3 Å². The lowest BCUT2D eigenvalue weighted by Gasteiger charge is -2.14. The lowest BCUT2D eigenvalue weighted by atomic mass is 9.85. The first-order valence-corrected chi connectivity index (χ1v) is 9.74. The van der Waals surface area contributed by atoms with Crippen molar-refractivity contribution in [2.45, 2.75) is 38.1 Å². The van der Waals surface area contributed by atoms with Crippen molar-refractivity contribution in [1.82, 2.24) is 10.2 Å². The summed E-state index contributed by atoms with van der Waals surface area (Å²) in [5.41, 5.74) is 1.01. The van der Waals surface area contributed by atoms with Gasteiger partial charge in [-0.05, 0) is 43.9 Å². The standard InChI is InChI=1S/C21H23N3O4/c25-18(10-11-24-20(27)16-6-1-2-7-17(16)21(24)28)22-15-5-3-4-13(12-15)19(26)23-14-8-9-14/h1-5,12,14,16-17H,6-11H2,(H,22,25)(H,23,26)/t16-,17-/m1/s1. The maximum Gasteiger partial charge on any atom is 0.251 e. The van der Waals surface area contributed by atoms with Crippen LogP contribution in [-0.4, -0.2) is 41.1 Å². The van der Waals surface area contributed by atoms with E-state index in [0.717, 1.165) is 12.8 Å². The van der Waals surface area contributed by atoms with Crippen LogP contribution < -0.4 is 10.6 Å². The van der Waals surface area contributed by atoms with Gasteiger partial charge in [-0.25, -0.2) is 0 Å². The van der Waals surface area contributed by atoms with Crippen LogP contribution in [-0.2, 0) is 14.4 Å². The minimum absolute atomic E-state index is 0.0306. The molecule has 2 aliphatic carbocycles. The number of imide groups is 1. The molecule has 1 aliphatic heterocycles. The molecule has 1 aromatic carbocycles. The maximum absolute atomic E-state index is 12.4. The summed E-state index contributed by atoms with van der Waals surface area (Å²) in [6, 6.07) is 7.01. The SMILES string of the molecule is O=C(CCN1C(=O)[C@@H]2CC=CC[C@H]2C1=O)Nc1cccc(C(=O)NC2CC2)c1. The van der Waals surface area contributed by atoms with Crippen LogP contribution in [0.5, 0.6) is 0 Å². The molecular formula is C21H23N3O4. The monoisotopic (exact) mass is 381 g/mol. The molecular weight excluding hydrogens is 358 g/mol.